The third-order valence-corrected chi connectivity index (χ3v) is 7.99. The van der Waals surface area contributed by atoms with Crippen LogP contribution in [0.4, 0.5) is 23.1 Å². The average molecular weight is 474 g/mol. The number of aromatic nitrogens is 3. The van der Waals surface area contributed by atoms with Crippen LogP contribution in [0.5, 0.6) is 0 Å². The Morgan fingerprint density at radius 1 is 1.12 bits per heavy atom. The number of rotatable bonds is 5. The third kappa shape index (κ3) is 4.54. The highest BCUT2D eigenvalue weighted by Gasteiger charge is 2.29. The summed E-state index contributed by atoms with van der Waals surface area (Å²) in [7, 11) is -0.283. The van der Waals surface area contributed by atoms with Crippen molar-refractivity contribution in [1.82, 2.24) is 19.9 Å². The van der Waals surface area contributed by atoms with Gasteiger partial charge in [-0.2, -0.15) is 10.2 Å². The van der Waals surface area contributed by atoms with Crippen LogP contribution in [-0.4, -0.2) is 46.8 Å². The van der Waals surface area contributed by atoms with Gasteiger partial charge in [0, 0.05) is 30.3 Å². The van der Waals surface area contributed by atoms with Crippen LogP contribution in [0.25, 0.3) is 0 Å². The number of likely N-dealkylation sites (N-methyl/N-ethyl adjacent to an activating group) is 1. The third-order valence-electron chi connectivity index (χ3n) is 6.50. The fraction of sp³-hybridized carbons (Fsp3) is 0.360. The second-order valence-corrected chi connectivity index (χ2v) is 12.8. The van der Waals surface area contributed by atoms with E-state index in [0.717, 1.165) is 25.2 Å². The summed E-state index contributed by atoms with van der Waals surface area (Å²) >= 11 is 0. The van der Waals surface area contributed by atoms with Crippen LogP contribution < -0.4 is 15.9 Å². The molecule has 34 heavy (non-hydrogen) atoms. The standard InChI is InChI=1S/C25H28N7OP/c1-32-14-17-6-4-5-16-7-20(8-18(15-32)23(16)17)30-25-28-11-19(10-26)24(31-25)29-21-9-22(13-27-12-21)34(2,3)33/h7-9,11-13,17H,4-6,14-15H2,1-3H3,(H2,28,29,30,31). The minimum Gasteiger partial charge on any atom is -0.338 e. The van der Waals surface area contributed by atoms with Crippen molar-refractivity contribution < 1.29 is 4.57 Å². The second kappa shape index (κ2) is 8.83. The van der Waals surface area contributed by atoms with E-state index in [2.05, 4.69) is 55.7 Å². The first-order chi connectivity index (χ1) is 16.3. The first-order valence-corrected chi connectivity index (χ1v) is 14.1. The Kier molecular flexibility index (Phi) is 5.85. The molecule has 3 heterocycles. The van der Waals surface area contributed by atoms with Gasteiger partial charge in [0.15, 0.2) is 5.82 Å². The fourth-order valence-electron chi connectivity index (χ4n) is 4.99. The van der Waals surface area contributed by atoms with Gasteiger partial charge in [-0.1, -0.05) is 0 Å². The van der Waals surface area contributed by atoms with E-state index in [1.807, 2.05) is 0 Å². The van der Waals surface area contributed by atoms with Crippen molar-refractivity contribution in [2.75, 3.05) is 37.6 Å². The number of anilines is 4. The Hall–Kier alpha value is -3.27. The summed E-state index contributed by atoms with van der Waals surface area (Å²) in [5, 5.41) is 16.7. The molecule has 0 amide bonds. The lowest BCUT2D eigenvalue weighted by Gasteiger charge is -2.37. The predicted molar refractivity (Wildman–Crippen MR) is 135 cm³/mol. The molecular weight excluding hydrogens is 445 g/mol. The molecule has 2 N–H and O–H groups in total. The lowest BCUT2D eigenvalue weighted by Crippen LogP contribution is -2.33. The van der Waals surface area contributed by atoms with Crippen molar-refractivity contribution in [2.24, 2.45) is 0 Å². The quantitative estimate of drug-likeness (QED) is 0.527. The summed E-state index contributed by atoms with van der Waals surface area (Å²) in [6.07, 6.45) is 8.30. The molecule has 0 fully saturated rings. The number of hydrogen-bond donors (Lipinski definition) is 2. The Labute approximate surface area is 199 Å². The monoisotopic (exact) mass is 473 g/mol. The largest absolute Gasteiger partial charge is 0.338 e. The fourth-order valence-corrected chi connectivity index (χ4v) is 5.78. The van der Waals surface area contributed by atoms with Gasteiger partial charge in [-0.3, -0.25) is 4.98 Å². The molecule has 174 valence electrons. The van der Waals surface area contributed by atoms with Crippen LogP contribution in [0.2, 0.25) is 0 Å². The van der Waals surface area contributed by atoms with Gasteiger partial charge in [0.2, 0.25) is 5.95 Å². The molecule has 0 bridgehead atoms. The summed E-state index contributed by atoms with van der Waals surface area (Å²) in [4.78, 5) is 15.5. The average Bonchev–Trinajstić information content (AvgIpc) is 2.79. The van der Waals surface area contributed by atoms with Crippen molar-refractivity contribution >= 4 is 35.6 Å². The summed E-state index contributed by atoms with van der Waals surface area (Å²) in [6, 6.07) is 8.34. The van der Waals surface area contributed by atoms with Crippen LogP contribution in [0.15, 0.2) is 36.8 Å². The summed E-state index contributed by atoms with van der Waals surface area (Å²) in [5.41, 5.74) is 6.23. The van der Waals surface area contributed by atoms with Gasteiger partial charge in [-0.05, 0) is 80.4 Å². The highest BCUT2D eigenvalue weighted by atomic mass is 31.2. The van der Waals surface area contributed by atoms with Crippen LogP contribution in [0, 0.1) is 11.3 Å². The predicted octanol–water partition coefficient (Wildman–Crippen LogP) is 4.34. The zero-order valence-electron chi connectivity index (χ0n) is 19.7. The summed E-state index contributed by atoms with van der Waals surface area (Å²) in [5.74, 6) is 1.41. The minimum atomic E-state index is -2.46. The molecule has 1 aliphatic carbocycles. The number of nitrogens with zero attached hydrogens (tertiary/aromatic N) is 5. The van der Waals surface area contributed by atoms with Crippen molar-refractivity contribution in [3.63, 3.8) is 0 Å². The molecule has 9 heteroatoms. The van der Waals surface area contributed by atoms with Gasteiger partial charge in [-0.15, -0.1) is 0 Å². The molecule has 1 unspecified atom stereocenters. The molecule has 1 aromatic carbocycles. The molecule has 0 saturated carbocycles. The lowest BCUT2D eigenvalue weighted by atomic mass is 9.77. The number of pyridine rings is 1. The molecule has 0 saturated heterocycles. The highest BCUT2D eigenvalue weighted by molar-refractivity contribution is 7.70. The maximum Gasteiger partial charge on any atom is 0.229 e. The molecule has 3 aromatic rings. The smallest absolute Gasteiger partial charge is 0.229 e. The molecular formula is C25H28N7OP. The van der Waals surface area contributed by atoms with E-state index in [1.54, 1.807) is 31.8 Å². The Bertz CT molecular complexity index is 1340. The van der Waals surface area contributed by atoms with Crippen LogP contribution in [0.3, 0.4) is 0 Å². The van der Waals surface area contributed by atoms with Crippen LogP contribution in [0.1, 0.15) is 41.0 Å². The Morgan fingerprint density at radius 3 is 2.74 bits per heavy atom. The van der Waals surface area contributed by atoms with E-state index >= 15 is 0 Å². The van der Waals surface area contributed by atoms with Gasteiger partial charge < -0.3 is 20.1 Å². The first-order valence-electron chi connectivity index (χ1n) is 11.5. The topological polar surface area (TPSA) is 107 Å². The highest BCUT2D eigenvalue weighted by Crippen LogP contribution is 2.40. The molecule has 2 aliphatic rings. The maximum atomic E-state index is 12.4. The van der Waals surface area contributed by atoms with Crippen molar-refractivity contribution in [1.29, 1.82) is 5.26 Å². The van der Waals surface area contributed by atoms with E-state index in [1.165, 1.54) is 35.7 Å². The zero-order chi connectivity index (χ0) is 23.9. The molecule has 2 aromatic heterocycles. The molecule has 0 radical (unpaired) electrons. The van der Waals surface area contributed by atoms with Gasteiger partial charge in [0.05, 0.1) is 18.1 Å². The molecule has 8 nitrogen and oxygen atoms in total. The van der Waals surface area contributed by atoms with Crippen LogP contribution >= 0.6 is 7.14 Å². The first kappa shape index (κ1) is 22.5. The minimum absolute atomic E-state index is 0.317. The van der Waals surface area contributed by atoms with E-state index in [9.17, 15) is 9.83 Å². The number of nitrogens with one attached hydrogen (secondary N) is 2. The van der Waals surface area contributed by atoms with Crippen LogP contribution in [-0.2, 0) is 17.5 Å². The van der Waals surface area contributed by atoms with E-state index in [-0.39, 0.29) is 0 Å². The van der Waals surface area contributed by atoms with E-state index < -0.39 is 7.14 Å². The van der Waals surface area contributed by atoms with Gasteiger partial charge in [-0.25, -0.2) is 4.98 Å². The maximum absolute atomic E-state index is 12.4. The van der Waals surface area contributed by atoms with Gasteiger partial charge in [0.25, 0.3) is 0 Å². The molecule has 1 atom stereocenters. The zero-order valence-corrected chi connectivity index (χ0v) is 20.6. The SMILES string of the molecule is CN1Cc2cc(Nc3ncc(C#N)c(Nc4cncc(P(C)(C)=O)c4)n3)cc3c2C(CCC3)C1. The molecule has 0 spiro atoms. The number of hydrogen-bond acceptors (Lipinski definition) is 8. The number of benzene rings is 1. The Balaban J connectivity index is 1.44. The van der Waals surface area contributed by atoms with Crippen molar-refractivity contribution in [2.45, 2.75) is 31.7 Å². The number of nitriles is 1. The van der Waals surface area contributed by atoms with Gasteiger partial charge >= 0.3 is 0 Å². The summed E-state index contributed by atoms with van der Waals surface area (Å²) in [6.45, 7) is 5.47. The lowest BCUT2D eigenvalue weighted by molar-refractivity contribution is 0.266. The normalized spacial score (nSPS) is 17.5. The van der Waals surface area contributed by atoms with E-state index in [4.69, 9.17) is 0 Å². The van der Waals surface area contributed by atoms with Crippen molar-refractivity contribution in [3.05, 3.63) is 59.0 Å². The van der Waals surface area contributed by atoms with Crippen molar-refractivity contribution in [3.8, 4) is 6.07 Å². The Morgan fingerprint density at radius 2 is 1.94 bits per heavy atom. The summed E-state index contributed by atoms with van der Waals surface area (Å²) < 4.78 is 12.4. The molecule has 5 rings (SSSR count). The molecule has 1 aliphatic heterocycles. The van der Waals surface area contributed by atoms with E-state index in [0.29, 0.717) is 34.2 Å². The second-order valence-electron chi connectivity index (χ2n) is 9.59. The number of aryl methyl sites for hydroxylation is 1. The van der Waals surface area contributed by atoms with Gasteiger partial charge in [0.1, 0.15) is 18.8 Å².